The predicted octanol–water partition coefficient (Wildman–Crippen LogP) is 0.309. The number of carboxylic acid groups (broad SMARTS) is 1. The molecule has 5 heteroatoms. The average Bonchev–Trinajstić information content (AvgIpc) is 2.26. The smallest absolute Gasteiger partial charge is 0.322 e. The summed E-state index contributed by atoms with van der Waals surface area (Å²) in [6.07, 6.45) is 3.52. The van der Waals surface area contributed by atoms with Crippen LogP contribution in [0, 0.1) is 5.92 Å². The molecule has 1 heterocycles. The second kappa shape index (κ2) is 6.48. The monoisotopic (exact) mass is 228 g/mol. The number of likely N-dealkylation sites (tertiary alicyclic amines) is 1. The van der Waals surface area contributed by atoms with Crippen molar-refractivity contribution in [3.05, 3.63) is 0 Å². The number of aliphatic carboxylic acids is 1. The van der Waals surface area contributed by atoms with Crippen LogP contribution >= 0.6 is 0 Å². The lowest BCUT2D eigenvalue weighted by Crippen LogP contribution is -2.43. The van der Waals surface area contributed by atoms with Crippen molar-refractivity contribution in [1.29, 1.82) is 0 Å². The number of nitrogens with one attached hydrogen (secondary N) is 1. The lowest BCUT2D eigenvalue weighted by Gasteiger charge is -2.31. The largest absolute Gasteiger partial charge is 0.480 e. The van der Waals surface area contributed by atoms with Crippen LogP contribution < -0.4 is 5.32 Å². The summed E-state index contributed by atoms with van der Waals surface area (Å²) < 4.78 is 0. The second-order valence-corrected chi connectivity index (χ2v) is 4.32. The Kier molecular flexibility index (Phi) is 5.25. The van der Waals surface area contributed by atoms with E-state index in [0.29, 0.717) is 12.5 Å². The molecule has 1 aliphatic heterocycles. The Morgan fingerprint density at radius 1 is 1.50 bits per heavy atom. The Hall–Kier alpha value is -1.10. The first-order valence-electron chi connectivity index (χ1n) is 5.82. The van der Waals surface area contributed by atoms with E-state index in [2.05, 4.69) is 17.1 Å². The third-order valence-corrected chi connectivity index (χ3v) is 2.98. The molecule has 1 rings (SSSR count). The van der Waals surface area contributed by atoms with Gasteiger partial charge in [0, 0.05) is 6.54 Å². The number of piperidine rings is 1. The van der Waals surface area contributed by atoms with Crippen molar-refractivity contribution in [3.63, 3.8) is 0 Å². The first-order valence-corrected chi connectivity index (χ1v) is 5.82. The summed E-state index contributed by atoms with van der Waals surface area (Å²) >= 11 is 0. The van der Waals surface area contributed by atoms with Gasteiger partial charge in [0.1, 0.15) is 6.54 Å². The van der Waals surface area contributed by atoms with E-state index < -0.39 is 5.97 Å². The Balaban J connectivity index is 2.25. The third kappa shape index (κ3) is 4.61. The number of carbonyl (C=O) groups is 2. The lowest BCUT2D eigenvalue weighted by molar-refractivity contribution is -0.138. The van der Waals surface area contributed by atoms with Gasteiger partial charge in [0.2, 0.25) is 5.91 Å². The van der Waals surface area contributed by atoms with Gasteiger partial charge in [0.25, 0.3) is 0 Å². The van der Waals surface area contributed by atoms with Gasteiger partial charge in [-0.15, -0.1) is 0 Å². The van der Waals surface area contributed by atoms with E-state index in [1.165, 1.54) is 6.42 Å². The van der Waals surface area contributed by atoms with Crippen LogP contribution in [0.3, 0.4) is 0 Å². The van der Waals surface area contributed by atoms with Crippen molar-refractivity contribution in [2.24, 2.45) is 5.92 Å². The van der Waals surface area contributed by atoms with Gasteiger partial charge in [-0.05, 0) is 25.3 Å². The summed E-state index contributed by atoms with van der Waals surface area (Å²) in [7, 11) is 0. The van der Waals surface area contributed by atoms with E-state index in [1.54, 1.807) is 0 Å². The van der Waals surface area contributed by atoms with E-state index in [1.807, 2.05) is 0 Å². The van der Waals surface area contributed by atoms with Crippen molar-refractivity contribution in [1.82, 2.24) is 10.2 Å². The van der Waals surface area contributed by atoms with Crippen LogP contribution in [-0.4, -0.2) is 48.1 Å². The summed E-state index contributed by atoms with van der Waals surface area (Å²) in [6.45, 7) is 4.10. The molecule has 0 aromatic carbocycles. The molecule has 5 nitrogen and oxygen atoms in total. The summed E-state index contributed by atoms with van der Waals surface area (Å²) in [4.78, 5) is 23.8. The van der Waals surface area contributed by atoms with Gasteiger partial charge in [-0.2, -0.15) is 0 Å². The molecular formula is C11H20N2O3. The summed E-state index contributed by atoms with van der Waals surface area (Å²) in [5, 5.41) is 10.8. The zero-order valence-electron chi connectivity index (χ0n) is 9.74. The second-order valence-electron chi connectivity index (χ2n) is 4.32. The molecule has 92 valence electrons. The third-order valence-electron chi connectivity index (χ3n) is 2.98. The van der Waals surface area contributed by atoms with Gasteiger partial charge >= 0.3 is 5.97 Å². The molecule has 1 aliphatic rings. The first-order chi connectivity index (χ1) is 7.61. The number of hydrogen-bond donors (Lipinski definition) is 2. The Morgan fingerprint density at radius 2 is 2.25 bits per heavy atom. The number of hydrogen-bond acceptors (Lipinski definition) is 3. The normalized spacial score (nSPS) is 21.7. The van der Waals surface area contributed by atoms with E-state index in [4.69, 9.17) is 5.11 Å². The highest BCUT2D eigenvalue weighted by molar-refractivity contribution is 5.82. The van der Waals surface area contributed by atoms with E-state index in [-0.39, 0.29) is 12.5 Å². The van der Waals surface area contributed by atoms with Gasteiger partial charge in [-0.25, -0.2) is 0 Å². The molecule has 2 N–H and O–H groups in total. The number of rotatable bonds is 5. The molecule has 1 fully saturated rings. The van der Waals surface area contributed by atoms with Crippen LogP contribution in [0.2, 0.25) is 0 Å². The first kappa shape index (κ1) is 13.0. The Bertz CT molecular complexity index is 256. The molecule has 0 aromatic rings. The topological polar surface area (TPSA) is 69.6 Å². The van der Waals surface area contributed by atoms with Gasteiger partial charge < -0.3 is 10.4 Å². The number of nitrogens with zero attached hydrogens (tertiary/aromatic N) is 1. The standard InChI is InChI=1S/C11H20N2O3/c1-2-9-4-3-5-13(7-9)8-10(14)12-6-11(15)16/h9H,2-8H2,1H3,(H,12,14)(H,15,16). The quantitative estimate of drug-likeness (QED) is 0.710. The van der Waals surface area contributed by atoms with Gasteiger partial charge in [-0.1, -0.05) is 13.3 Å². The van der Waals surface area contributed by atoms with Crippen LogP contribution in [0.1, 0.15) is 26.2 Å². The zero-order chi connectivity index (χ0) is 12.0. The van der Waals surface area contributed by atoms with Gasteiger partial charge in [-0.3, -0.25) is 14.5 Å². The molecule has 16 heavy (non-hydrogen) atoms. The lowest BCUT2D eigenvalue weighted by atomic mass is 9.96. The molecule has 0 radical (unpaired) electrons. The molecule has 1 amide bonds. The molecule has 0 aromatic heterocycles. The minimum atomic E-state index is -1.00. The van der Waals surface area contributed by atoms with E-state index in [0.717, 1.165) is 25.9 Å². The van der Waals surface area contributed by atoms with Gasteiger partial charge in [0.05, 0.1) is 6.54 Å². The number of carboxylic acids is 1. The van der Waals surface area contributed by atoms with Crippen LogP contribution in [0.25, 0.3) is 0 Å². The minimum Gasteiger partial charge on any atom is -0.480 e. The van der Waals surface area contributed by atoms with E-state index in [9.17, 15) is 9.59 Å². The molecule has 0 spiro atoms. The van der Waals surface area contributed by atoms with Crippen molar-refractivity contribution < 1.29 is 14.7 Å². The van der Waals surface area contributed by atoms with Crippen molar-refractivity contribution >= 4 is 11.9 Å². The van der Waals surface area contributed by atoms with Crippen LogP contribution in [0.5, 0.6) is 0 Å². The molecular weight excluding hydrogens is 208 g/mol. The van der Waals surface area contributed by atoms with Crippen molar-refractivity contribution in [2.45, 2.75) is 26.2 Å². The zero-order valence-corrected chi connectivity index (χ0v) is 9.74. The minimum absolute atomic E-state index is 0.195. The van der Waals surface area contributed by atoms with Crippen LogP contribution in [0.4, 0.5) is 0 Å². The Morgan fingerprint density at radius 3 is 2.88 bits per heavy atom. The predicted molar refractivity (Wildman–Crippen MR) is 60.1 cm³/mol. The highest BCUT2D eigenvalue weighted by Crippen LogP contribution is 2.18. The number of carbonyl (C=O) groups excluding carboxylic acids is 1. The molecule has 0 bridgehead atoms. The molecule has 1 unspecified atom stereocenters. The van der Waals surface area contributed by atoms with Crippen LogP contribution in [-0.2, 0) is 9.59 Å². The fourth-order valence-corrected chi connectivity index (χ4v) is 2.06. The highest BCUT2D eigenvalue weighted by Gasteiger charge is 2.20. The molecule has 1 atom stereocenters. The average molecular weight is 228 g/mol. The fourth-order valence-electron chi connectivity index (χ4n) is 2.06. The summed E-state index contributed by atoms with van der Waals surface area (Å²) in [5.74, 6) is -0.515. The van der Waals surface area contributed by atoms with Crippen molar-refractivity contribution in [3.8, 4) is 0 Å². The maximum atomic E-state index is 11.4. The fraction of sp³-hybridized carbons (Fsp3) is 0.818. The van der Waals surface area contributed by atoms with Gasteiger partial charge in [0.15, 0.2) is 0 Å². The van der Waals surface area contributed by atoms with Crippen LogP contribution in [0.15, 0.2) is 0 Å². The molecule has 0 aliphatic carbocycles. The SMILES string of the molecule is CCC1CCCN(CC(=O)NCC(=O)O)C1. The number of amides is 1. The maximum Gasteiger partial charge on any atom is 0.322 e. The maximum absolute atomic E-state index is 11.4. The van der Waals surface area contributed by atoms with Crippen molar-refractivity contribution in [2.75, 3.05) is 26.2 Å². The Labute approximate surface area is 95.8 Å². The molecule has 0 saturated carbocycles. The summed E-state index contributed by atoms with van der Waals surface area (Å²) in [5.41, 5.74) is 0. The van der Waals surface area contributed by atoms with E-state index >= 15 is 0 Å². The summed E-state index contributed by atoms with van der Waals surface area (Å²) in [6, 6.07) is 0. The highest BCUT2D eigenvalue weighted by atomic mass is 16.4. The molecule has 1 saturated heterocycles.